The van der Waals surface area contributed by atoms with Crippen LogP contribution in [0.3, 0.4) is 0 Å². The van der Waals surface area contributed by atoms with E-state index in [2.05, 4.69) is 20.6 Å². The minimum absolute atomic E-state index is 0.0543. The number of ether oxygens (including phenoxy) is 1. The van der Waals surface area contributed by atoms with Gasteiger partial charge in [0, 0.05) is 23.1 Å². The molecule has 33 heavy (non-hydrogen) atoms. The summed E-state index contributed by atoms with van der Waals surface area (Å²) in [5.74, 6) is -0.566. The number of rotatable bonds is 7. The Kier molecular flexibility index (Phi) is 6.12. The minimum Gasteiger partial charge on any atom is -0.497 e. The van der Waals surface area contributed by atoms with Crippen LogP contribution in [0, 0.1) is 5.82 Å². The van der Waals surface area contributed by atoms with E-state index in [-0.39, 0.29) is 17.8 Å². The lowest BCUT2D eigenvalue weighted by atomic mass is 10.1. The normalized spacial score (nSPS) is 10.6. The monoisotopic (exact) mass is 445 g/mol. The van der Waals surface area contributed by atoms with E-state index in [0.29, 0.717) is 33.6 Å². The molecule has 8 nitrogen and oxygen atoms in total. The van der Waals surface area contributed by atoms with Crippen LogP contribution < -0.4 is 21.1 Å². The number of primary amides is 1. The summed E-state index contributed by atoms with van der Waals surface area (Å²) in [7, 11) is 1.53. The van der Waals surface area contributed by atoms with Crippen molar-refractivity contribution >= 4 is 34.2 Å². The third kappa shape index (κ3) is 4.57. The molecule has 4 rings (SSSR count). The number of carbonyl (C=O) groups excluding carboxylic acids is 2. The van der Waals surface area contributed by atoms with Crippen LogP contribution in [0.4, 0.5) is 15.9 Å². The molecule has 0 saturated carbocycles. The number of benzene rings is 3. The highest BCUT2D eigenvalue weighted by molar-refractivity contribution is 6.07. The third-order valence-electron chi connectivity index (χ3n) is 5.06. The highest BCUT2D eigenvalue weighted by atomic mass is 19.1. The van der Waals surface area contributed by atoms with E-state index in [1.54, 1.807) is 54.6 Å². The average molecular weight is 445 g/mol. The van der Waals surface area contributed by atoms with Crippen molar-refractivity contribution < 1.29 is 18.7 Å². The van der Waals surface area contributed by atoms with Crippen LogP contribution in [0.2, 0.25) is 0 Å². The van der Waals surface area contributed by atoms with E-state index in [4.69, 9.17) is 10.5 Å². The number of fused-ring (bicyclic) bond motifs is 1. The molecule has 0 aliphatic rings. The van der Waals surface area contributed by atoms with E-state index in [0.717, 1.165) is 0 Å². The number of amides is 2. The molecule has 9 heteroatoms. The summed E-state index contributed by atoms with van der Waals surface area (Å²) in [5.41, 5.74) is 6.84. The van der Waals surface area contributed by atoms with Crippen LogP contribution in [0.15, 0.2) is 67.0 Å². The van der Waals surface area contributed by atoms with Crippen molar-refractivity contribution in [2.45, 2.75) is 6.54 Å². The largest absolute Gasteiger partial charge is 0.497 e. The number of methoxy groups -OCH3 is 1. The van der Waals surface area contributed by atoms with Crippen molar-refractivity contribution in [3.63, 3.8) is 0 Å². The molecule has 0 atom stereocenters. The summed E-state index contributed by atoms with van der Waals surface area (Å²) >= 11 is 0. The zero-order valence-corrected chi connectivity index (χ0v) is 17.6. The van der Waals surface area contributed by atoms with Gasteiger partial charge in [-0.15, -0.1) is 0 Å². The fourth-order valence-electron chi connectivity index (χ4n) is 3.36. The topological polar surface area (TPSA) is 119 Å². The highest BCUT2D eigenvalue weighted by Gasteiger charge is 2.14. The third-order valence-corrected chi connectivity index (χ3v) is 5.06. The van der Waals surface area contributed by atoms with Gasteiger partial charge in [0.25, 0.3) is 11.8 Å². The maximum Gasteiger partial charge on any atom is 0.255 e. The average Bonchev–Trinajstić information content (AvgIpc) is 2.84. The summed E-state index contributed by atoms with van der Waals surface area (Å²) in [6, 6.07) is 16.2. The van der Waals surface area contributed by atoms with Crippen LogP contribution in [0.25, 0.3) is 10.9 Å². The molecule has 0 aliphatic heterocycles. The predicted octanol–water partition coefficient (Wildman–Crippen LogP) is 3.74. The second kappa shape index (κ2) is 9.31. The van der Waals surface area contributed by atoms with Gasteiger partial charge in [-0.1, -0.05) is 18.2 Å². The molecule has 0 aliphatic carbocycles. The molecule has 166 valence electrons. The number of hydrogen-bond acceptors (Lipinski definition) is 6. The van der Waals surface area contributed by atoms with Gasteiger partial charge in [0.2, 0.25) is 0 Å². The van der Waals surface area contributed by atoms with Gasteiger partial charge in [-0.25, -0.2) is 14.4 Å². The number of nitrogens with zero attached hydrogens (tertiary/aromatic N) is 2. The van der Waals surface area contributed by atoms with Gasteiger partial charge in [-0.05, 0) is 42.5 Å². The lowest BCUT2D eigenvalue weighted by molar-refractivity contribution is 0.0998. The van der Waals surface area contributed by atoms with Crippen molar-refractivity contribution in [1.29, 1.82) is 0 Å². The Hall–Kier alpha value is -4.53. The van der Waals surface area contributed by atoms with Gasteiger partial charge in [-0.2, -0.15) is 0 Å². The smallest absolute Gasteiger partial charge is 0.255 e. The van der Waals surface area contributed by atoms with Crippen molar-refractivity contribution in [3.05, 3.63) is 89.5 Å². The molecule has 4 N–H and O–H groups in total. The Bertz CT molecular complexity index is 1340. The van der Waals surface area contributed by atoms with Crippen LogP contribution in [0.5, 0.6) is 5.75 Å². The van der Waals surface area contributed by atoms with Crippen LogP contribution in [-0.4, -0.2) is 28.9 Å². The summed E-state index contributed by atoms with van der Waals surface area (Å²) in [4.78, 5) is 32.5. The van der Waals surface area contributed by atoms with Crippen molar-refractivity contribution in [1.82, 2.24) is 9.97 Å². The number of halogens is 1. The van der Waals surface area contributed by atoms with Crippen molar-refractivity contribution in [2.24, 2.45) is 5.73 Å². The first-order valence-corrected chi connectivity index (χ1v) is 9.98. The minimum atomic E-state index is -0.600. The van der Waals surface area contributed by atoms with Gasteiger partial charge >= 0.3 is 0 Å². The predicted molar refractivity (Wildman–Crippen MR) is 123 cm³/mol. The number of nitrogens with two attached hydrogens (primary N) is 1. The molecule has 0 fully saturated rings. The van der Waals surface area contributed by atoms with Gasteiger partial charge < -0.3 is 21.1 Å². The Morgan fingerprint density at radius 3 is 2.52 bits per heavy atom. The Labute approximate surface area is 188 Å². The number of carbonyl (C=O) groups is 2. The Morgan fingerprint density at radius 1 is 1.03 bits per heavy atom. The van der Waals surface area contributed by atoms with Crippen LogP contribution in [0.1, 0.15) is 26.3 Å². The van der Waals surface area contributed by atoms with E-state index < -0.39 is 17.6 Å². The Morgan fingerprint density at radius 2 is 1.79 bits per heavy atom. The van der Waals surface area contributed by atoms with Gasteiger partial charge in [0.15, 0.2) is 5.82 Å². The highest BCUT2D eigenvalue weighted by Crippen LogP contribution is 2.24. The van der Waals surface area contributed by atoms with Gasteiger partial charge in [-0.3, -0.25) is 9.59 Å². The molecule has 0 radical (unpaired) electrons. The first-order valence-electron chi connectivity index (χ1n) is 9.98. The van der Waals surface area contributed by atoms with Crippen LogP contribution in [-0.2, 0) is 6.54 Å². The van der Waals surface area contributed by atoms with Gasteiger partial charge in [0.05, 0.1) is 23.9 Å². The summed E-state index contributed by atoms with van der Waals surface area (Å²) in [5, 5.41) is 6.24. The lowest BCUT2D eigenvalue weighted by Crippen LogP contribution is -2.14. The maximum atomic E-state index is 15.1. The molecule has 1 aromatic heterocycles. The number of anilines is 2. The summed E-state index contributed by atoms with van der Waals surface area (Å²) < 4.78 is 20.2. The molecule has 3 aromatic carbocycles. The second-order valence-corrected chi connectivity index (χ2v) is 7.10. The van der Waals surface area contributed by atoms with Crippen molar-refractivity contribution in [3.8, 4) is 5.75 Å². The number of hydrogen-bond donors (Lipinski definition) is 3. The fourth-order valence-corrected chi connectivity index (χ4v) is 3.36. The standard InChI is InChI=1S/C24H20FN5O3/c1-33-16-10-8-14(9-11-16)24(32)30-19-7-2-4-15(20(19)25)12-27-23-18-6-3-5-17(22(26)31)21(18)28-13-29-23/h2-11,13H,12H2,1H3,(H2,26,31)(H,30,32)(H,27,28,29). The zero-order chi connectivity index (χ0) is 23.4. The molecular weight excluding hydrogens is 425 g/mol. The quantitative estimate of drug-likeness (QED) is 0.399. The summed E-state index contributed by atoms with van der Waals surface area (Å²) in [6.07, 6.45) is 1.30. The first-order chi connectivity index (χ1) is 16.0. The number of aromatic nitrogens is 2. The lowest BCUT2D eigenvalue weighted by Gasteiger charge is -2.12. The molecular formula is C24H20FN5O3. The molecule has 2 amide bonds. The zero-order valence-electron chi connectivity index (χ0n) is 17.6. The molecule has 1 heterocycles. The first kappa shape index (κ1) is 21.7. The maximum absolute atomic E-state index is 15.1. The van der Waals surface area contributed by atoms with Gasteiger partial charge in [0.1, 0.15) is 17.9 Å². The molecule has 4 aromatic rings. The number of para-hydroxylation sites is 1. The molecule has 0 unspecified atom stereocenters. The SMILES string of the molecule is COc1ccc(C(=O)Nc2cccc(CNc3ncnc4c(C(N)=O)cccc34)c2F)cc1. The second-order valence-electron chi connectivity index (χ2n) is 7.10. The molecule has 0 saturated heterocycles. The van der Waals surface area contributed by atoms with Crippen LogP contribution >= 0.6 is 0 Å². The van der Waals surface area contributed by atoms with E-state index >= 15 is 4.39 Å². The van der Waals surface area contributed by atoms with E-state index in [1.165, 1.54) is 19.5 Å². The van der Waals surface area contributed by atoms with E-state index in [9.17, 15) is 9.59 Å². The summed E-state index contributed by atoms with van der Waals surface area (Å²) in [6.45, 7) is 0.0883. The fraction of sp³-hybridized carbons (Fsp3) is 0.0833. The number of nitrogens with one attached hydrogen (secondary N) is 2. The van der Waals surface area contributed by atoms with E-state index in [1.807, 2.05) is 0 Å². The molecule has 0 spiro atoms. The Balaban J connectivity index is 1.53. The molecule has 0 bridgehead atoms. The van der Waals surface area contributed by atoms with Crippen molar-refractivity contribution in [2.75, 3.05) is 17.7 Å².